The largest absolute Gasteiger partial charge is 0.456 e. The molecule has 9 aromatic heterocycles. The molecule has 27 aromatic rings. The molecule has 0 aliphatic carbocycles. The molecule has 123 heavy (non-hydrogen) atoms. The third-order valence-electron chi connectivity index (χ3n) is 24.6. The van der Waals surface area contributed by atoms with Crippen LogP contribution in [0.5, 0.6) is 0 Å². The van der Waals surface area contributed by atoms with E-state index in [0.29, 0.717) is 0 Å². The van der Waals surface area contributed by atoms with Gasteiger partial charge in [-0.25, -0.2) is 0 Å². The van der Waals surface area contributed by atoms with E-state index in [-0.39, 0.29) is 0 Å². The molecule has 9 heterocycles. The van der Waals surface area contributed by atoms with Crippen LogP contribution in [0.15, 0.2) is 432 Å². The number of thiophene rings is 3. The van der Waals surface area contributed by atoms with Gasteiger partial charge in [-0.15, -0.1) is 34.0 Å². The van der Waals surface area contributed by atoms with Crippen molar-refractivity contribution in [1.29, 1.82) is 0 Å². The zero-order valence-corrected chi connectivity index (χ0v) is 68.6. The smallest absolute Gasteiger partial charge is 0.143 e. The Bertz CT molecular complexity index is 8910. The summed E-state index contributed by atoms with van der Waals surface area (Å²) in [7, 11) is 0. The maximum absolute atomic E-state index is 6.40. The van der Waals surface area contributed by atoms with Gasteiger partial charge in [-0.05, 0) is 201 Å². The number of furan rings is 3. The van der Waals surface area contributed by atoms with Crippen LogP contribution in [0.25, 0.3) is 243 Å². The molecule has 0 aliphatic rings. The normalized spacial score (nSPS) is 11.9. The highest BCUT2D eigenvalue weighted by Gasteiger charge is 2.25. The minimum absolute atomic E-state index is 0.921. The minimum atomic E-state index is 0.921. The summed E-state index contributed by atoms with van der Waals surface area (Å²) in [6, 6.07) is 150. The standard InChI is InChI=1S/3C38H23NOS/c1-2-13-26(14-3-1)39-32-20-6-4-16-31(32)38-36(39)35-27(17-10-22-34(35)41-38)24-11-8-12-25(23-24)28-18-9-19-30-29-15-5-7-21-33(29)40-37(28)30;1-2-12-27(13-3-1)39-32-17-6-4-14-29(32)38-37(39)31-23-25(20-21-35(31)41-38)24-10-8-11-26(22-24)28-16-9-19-34-36(28)30-15-5-7-18-33(30)40-34;1-2-11-28(12-3-1)39-33-15-6-4-14-30(33)38-37(39)32-23-27(18-20-36(32)41-38)25-10-8-9-24(21-25)26-17-19-35-31(22-26)29-13-5-7-16-34(29)40-35/h3*1-23H. The fourth-order valence-corrected chi connectivity index (χ4v) is 22.7. The number of hydrogen-bond donors (Lipinski definition) is 0. The Hall–Kier alpha value is -15.4. The summed E-state index contributed by atoms with van der Waals surface area (Å²) in [5.41, 5.74) is 31.0. The second-order valence-corrected chi connectivity index (χ2v) is 34.8. The monoisotopic (exact) mass is 1620 g/mol. The Labute approximate surface area is 717 Å². The summed E-state index contributed by atoms with van der Waals surface area (Å²) in [4.78, 5) is 0. The van der Waals surface area contributed by atoms with Crippen molar-refractivity contribution in [3.63, 3.8) is 0 Å². The minimum Gasteiger partial charge on any atom is -0.456 e. The lowest BCUT2D eigenvalue weighted by atomic mass is 9.95. The summed E-state index contributed by atoms with van der Waals surface area (Å²) < 4.78 is 33.8. The molecule has 0 aliphatic heterocycles. The molecule has 0 spiro atoms. The van der Waals surface area contributed by atoms with E-state index < -0.39 is 0 Å². The van der Waals surface area contributed by atoms with E-state index in [1.165, 1.54) is 172 Å². The first kappa shape index (κ1) is 70.6. The van der Waals surface area contributed by atoms with E-state index in [4.69, 9.17) is 13.3 Å². The molecule has 0 N–H and O–H groups in total. The van der Waals surface area contributed by atoms with E-state index in [1.807, 2.05) is 70.4 Å². The van der Waals surface area contributed by atoms with Gasteiger partial charge in [-0.1, -0.05) is 279 Å². The maximum Gasteiger partial charge on any atom is 0.143 e. The number of fused-ring (bicyclic) bond motifs is 24. The highest BCUT2D eigenvalue weighted by atomic mass is 32.1. The Morgan fingerprint density at radius 3 is 1.07 bits per heavy atom. The predicted molar refractivity (Wildman–Crippen MR) is 523 cm³/mol. The molecule has 0 amide bonds. The molecule has 0 fully saturated rings. The van der Waals surface area contributed by atoms with Crippen molar-refractivity contribution >= 4 is 193 Å². The van der Waals surface area contributed by atoms with Crippen molar-refractivity contribution in [1.82, 2.24) is 13.7 Å². The van der Waals surface area contributed by atoms with Gasteiger partial charge in [0.1, 0.15) is 33.5 Å². The lowest BCUT2D eigenvalue weighted by Gasteiger charge is -2.11. The Morgan fingerprint density at radius 1 is 0.179 bits per heavy atom. The first-order valence-electron chi connectivity index (χ1n) is 41.6. The van der Waals surface area contributed by atoms with Crippen LogP contribution in [0, 0.1) is 0 Å². The number of nitrogens with zero attached hydrogens (tertiary/aromatic N) is 3. The number of benzene rings is 18. The summed E-state index contributed by atoms with van der Waals surface area (Å²) in [6.07, 6.45) is 0. The molecule has 0 unspecified atom stereocenters. The van der Waals surface area contributed by atoms with Crippen molar-refractivity contribution < 1.29 is 13.3 Å². The lowest BCUT2D eigenvalue weighted by Crippen LogP contribution is -1.93. The molecule has 0 saturated heterocycles. The number of hydrogen-bond acceptors (Lipinski definition) is 6. The van der Waals surface area contributed by atoms with Crippen molar-refractivity contribution in [3.05, 3.63) is 419 Å². The van der Waals surface area contributed by atoms with Gasteiger partial charge in [0.15, 0.2) is 0 Å². The van der Waals surface area contributed by atoms with E-state index in [2.05, 4.69) is 396 Å². The van der Waals surface area contributed by atoms with Crippen LogP contribution in [0.3, 0.4) is 0 Å². The first-order valence-corrected chi connectivity index (χ1v) is 44.0. The summed E-state index contributed by atoms with van der Waals surface area (Å²) in [6.45, 7) is 0. The molecule has 0 bridgehead atoms. The maximum atomic E-state index is 6.40. The van der Waals surface area contributed by atoms with E-state index in [0.717, 1.165) is 71.6 Å². The lowest BCUT2D eigenvalue weighted by molar-refractivity contribution is 0.668. The van der Waals surface area contributed by atoms with Gasteiger partial charge >= 0.3 is 0 Å². The summed E-state index contributed by atoms with van der Waals surface area (Å²) in [5.74, 6) is 0. The molecular formula is C114H69N3O3S3. The fraction of sp³-hybridized carbons (Fsp3) is 0. The number of aromatic nitrogens is 3. The SMILES string of the molecule is c1ccc(-n2c3ccccc3c3sc4ccc(-c5cccc(-c6ccc7oc8ccccc8c7c6)c5)cc4c32)cc1.c1ccc(-n2c3ccccc3c3sc4ccc(-c5cccc(-c6cccc7oc8ccccc8c67)c5)cc4c32)cc1.c1ccc(-n2c3ccccc3c3sc4cccc(-c5cccc(-c6cccc7c6oc6ccccc67)c5)c4c32)cc1. The van der Waals surface area contributed by atoms with Crippen molar-refractivity contribution in [2.24, 2.45) is 0 Å². The van der Waals surface area contributed by atoms with Crippen molar-refractivity contribution in [2.75, 3.05) is 0 Å². The average Bonchev–Trinajstić information content (AvgIpc) is 1.56. The second-order valence-electron chi connectivity index (χ2n) is 31.6. The average molecular weight is 1630 g/mol. The third kappa shape index (κ3) is 11.6. The van der Waals surface area contributed by atoms with Gasteiger partial charge in [-0.2, -0.15) is 0 Å². The van der Waals surface area contributed by atoms with Crippen LogP contribution < -0.4 is 0 Å². The van der Waals surface area contributed by atoms with Crippen molar-refractivity contribution in [3.8, 4) is 83.8 Å². The van der Waals surface area contributed by atoms with Crippen LogP contribution in [-0.2, 0) is 0 Å². The summed E-state index contributed by atoms with van der Waals surface area (Å²) in [5, 5.41) is 14.7. The third-order valence-corrected chi connectivity index (χ3v) is 28.2. The van der Waals surface area contributed by atoms with Crippen LogP contribution in [0.1, 0.15) is 0 Å². The van der Waals surface area contributed by atoms with Crippen LogP contribution >= 0.6 is 34.0 Å². The number of rotatable bonds is 9. The molecule has 9 heteroatoms. The molecule has 27 rings (SSSR count). The van der Waals surface area contributed by atoms with E-state index in [9.17, 15) is 0 Å². The second kappa shape index (κ2) is 28.7. The Morgan fingerprint density at radius 2 is 0.512 bits per heavy atom. The highest BCUT2D eigenvalue weighted by Crippen LogP contribution is 2.50. The number of para-hydroxylation sites is 10. The Balaban J connectivity index is 0.000000101. The molecule has 0 saturated carbocycles. The zero-order valence-electron chi connectivity index (χ0n) is 66.1. The molecule has 0 atom stereocenters. The van der Waals surface area contributed by atoms with Gasteiger partial charge in [0, 0.05) is 101 Å². The van der Waals surface area contributed by atoms with Crippen LogP contribution in [-0.4, -0.2) is 13.7 Å². The van der Waals surface area contributed by atoms with Gasteiger partial charge < -0.3 is 27.0 Å². The van der Waals surface area contributed by atoms with Gasteiger partial charge in [0.25, 0.3) is 0 Å². The molecule has 576 valence electrons. The molecule has 0 radical (unpaired) electrons. The molecule has 6 nitrogen and oxygen atoms in total. The zero-order chi connectivity index (χ0) is 80.7. The van der Waals surface area contributed by atoms with E-state index in [1.54, 1.807) is 0 Å². The topological polar surface area (TPSA) is 54.2 Å². The summed E-state index contributed by atoms with van der Waals surface area (Å²) >= 11 is 5.65. The molecular weight excluding hydrogens is 1560 g/mol. The Kier molecular flexibility index (Phi) is 16.5. The molecule has 18 aromatic carbocycles. The van der Waals surface area contributed by atoms with E-state index >= 15 is 0 Å². The van der Waals surface area contributed by atoms with Crippen molar-refractivity contribution in [2.45, 2.75) is 0 Å². The van der Waals surface area contributed by atoms with Gasteiger partial charge in [0.05, 0.1) is 47.2 Å². The van der Waals surface area contributed by atoms with Crippen LogP contribution in [0.2, 0.25) is 0 Å². The van der Waals surface area contributed by atoms with Gasteiger partial charge in [0.2, 0.25) is 0 Å². The predicted octanol–water partition coefficient (Wildman–Crippen LogP) is 33.7. The fourth-order valence-electron chi connectivity index (χ4n) is 19.1. The highest BCUT2D eigenvalue weighted by molar-refractivity contribution is 7.27. The van der Waals surface area contributed by atoms with Crippen LogP contribution in [0.4, 0.5) is 0 Å². The van der Waals surface area contributed by atoms with Gasteiger partial charge in [-0.3, -0.25) is 0 Å². The quantitative estimate of drug-likeness (QED) is 0.145. The first-order chi connectivity index (χ1) is 61.0.